The van der Waals surface area contributed by atoms with E-state index in [4.69, 9.17) is 4.74 Å². The van der Waals surface area contributed by atoms with Crippen LogP contribution in [0.5, 0.6) is 5.75 Å². The number of nitrogens with zero attached hydrogens (tertiary/aromatic N) is 4. The highest BCUT2D eigenvalue weighted by Gasteiger charge is 2.13. The summed E-state index contributed by atoms with van der Waals surface area (Å²) >= 11 is 2.67. The van der Waals surface area contributed by atoms with E-state index in [1.54, 1.807) is 18.2 Å². The van der Waals surface area contributed by atoms with Crippen LogP contribution in [0.1, 0.15) is 5.56 Å². The Kier molecular flexibility index (Phi) is 5.31. The second-order valence-electron chi connectivity index (χ2n) is 5.64. The van der Waals surface area contributed by atoms with Crippen LogP contribution in [0.3, 0.4) is 0 Å². The Hall–Kier alpha value is -2.85. The van der Waals surface area contributed by atoms with Gasteiger partial charge in [-0.3, -0.25) is 0 Å². The highest BCUT2D eigenvalue weighted by Crippen LogP contribution is 2.36. The quantitative estimate of drug-likeness (QED) is 0.462. The van der Waals surface area contributed by atoms with Gasteiger partial charge in [-0.05, 0) is 35.5 Å². The first-order valence-corrected chi connectivity index (χ1v) is 9.73. The van der Waals surface area contributed by atoms with E-state index in [0.717, 1.165) is 5.56 Å². The van der Waals surface area contributed by atoms with Gasteiger partial charge in [-0.1, -0.05) is 23.5 Å². The Morgan fingerprint density at radius 1 is 1.11 bits per heavy atom. The molecule has 0 aliphatic rings. The number of hydrogen-bond acceptors (Lipinski definition) is 8. The molecule has 28 heavy (non-hydrogen) atoms. The van der Waals surface area contributed by atoms with Gasteiger partial charge in [-0.25, -0.2) is 18.7 Å². The van der Waals surface area contributed by atoms with Gasteiger partial charge in [0.05, 0.1) is 12.6 Å². The highest BCUT2D eigenvalue weighted by atomic mass is 32.2. The van der Waals surface area contributed by atoms with Crippen LogP contribution in [-0.4, -0.2) is 27.3 Å². The molecule has 2 aromatic heterocycles. The SMILES string of the molecule is COc1cc2c(Sc3nnc(NCc4ccc(F)cc4)s3)ncnc2cc1F. The van der Waals surface area contributed by atoms with Crippen molar-refractivity contribution in [2.75, 3.05) is 12.4 Å². The van der Waals surface area contributed by atoms with E-state index in [1.807, 2.05) is 0 Å². The number of nitrogens with one attached hydrogen (secondary N) is 1. The maximum absolute atomic E-state index is 13.9. The fraction of sp³-hybridized carbons (Fsp3) is 0.111. The molecule has 0 fully saturated rings. The zero-order valence-electron chi connectivity index (χ0n) is 14.5. The molecule has 0 atom stereocenters. The predicted octanol–water partition coefficient (Wildman–Crippen LogP) is 4.53. The molecule has 0 aliphatic carbocycles. The van der Waals surface area contributed by atoms with Gasteiger partial charge in [0, 0.05) is 18.0 Å². The summed E-state index contributed by atoms with van der Waals surface area (Å²) in [5.74, 6) is -0.622. The molecule has 0 saturated carbocycles. The zero-order valence-corrected chi connectivity index (χ0v) is 16.2. The third-order valence-electron chi connectivity index (χ3n) is 3.82. The van der Waals surface area contributed by atoms with Crippen LogP contribution in [0, 0.1) is 11.6 Å². The summed E-state index contributed by atoms with van der Waals surface area (Å²) in [4.78, 5) is 8.38. The molecule has 0 radical (unpaired) electrons. The molecule has 2 aromatic carbocycles. The van der Waals surface area contributed by atoms with E-state index < -0.39 is 5.82 Å². The second-order valence-corrected chi connectivity index (χ2v) is 7.85. The molecule has 0 saturated heterocycles. The third kappa shape index (κ3) is 4.02. The first-order chi connectivity index (χ1) is 13.6. The molecule has 0 amide bonds. The van der Waals surface area contributed by atoms with Crippen molar-refractivity contribution in [3.63, 3.8) is 0 Å². The van der Waals surface area contributed by atoms with Crippen molar-refractivity contribution in [3.05, 3.63) is 59.9 Å². The van der Waals surface area contributed by atoms with Gasteiger partial charge in [0.1, 0.15) is 17.2 Å². The van der Waals surface area contributed by atoms with Crippen LogP contribution in [-0.2, 0) is 6.54 Å². The molecule has 1 N–H and O–H groups in total. The Balaban J connectivity index is 1.51. The van der Waals surface area contributed by atoms with E-state index in [1.165, 1.54) is 54.7 Å². The van der Waals surface area contributed by atoms with Crippen molar-refractivity contribution in [2.45, 2.75) is 15.9 Å². The molecule has 6 nitrogen and oxygen atoms in total. The van der Waals surface area contributed by atoms with Gasteiger partial charge in [-0.15, -0.1) is 10.2 Å². The molecule has 0 unspecified atom stereocenters. The number of hydrogen-bond donors (Lipinski definition) is 1. The third-order valence-corrected chi connectivity index (χ3v) is 5.77. The minimum atomic E-state index is -0.479. The van der Waals surface area contributed by atoms with E-state index in [2.05, 4.69) is 25.5 Å². The number of methoxy groups -OCH3 is 1. The van der Waals surface area contributed by atoms with Crippen molar-refractivity contribution >= 4 is 39.1 Å². The molecule has 0 spiro atoms. The Morgan fingerprint density at radius 3 is 2.71 bits per heavy atom. The fourth-order valence-electron chi connectivity index (χ4n) is 2.46. The molecule has 4 aromatic rings. The number of rotatable bonds is 6. The summed E-state index contributed by atoms with van der Waals surface area (Å²) in [5.41, 5.74) is 1.41. The van der Waals surface area contributed by atoms with Crippen LogP contribution in [0.25, 0.3) is 10.9 Å². The molecular weight excluding hydrogens is 404 g/mol. The molecule has 4 rings (SSSR count). The van der Waals surface area contributed by atoms with Gasteiger partial charge in [0.15, 0.2) is 15.9 Å². The number of ether oxygens (including phenoxy) is 1. The van der Waals surface area contributed by atoms with Gasteiger partial charge in [0.2, 0.25) is 5.13 Å². The minimum absolute atomic E-state index is 0.128. The minimum Gasteiger partial charge on any atom is -0.494 e. The summed E-state index contributed by atoms with van der Waals surface area (Å²) in [6, 6.07) is 9.13. The first-order valence-electron chi connectivity index (χ1n) is 8.10. The number of fused-ring (bicyclic) bond motifs is 1. The maximum Gasteiger partial charge on any atom is 0.206 e. The lowest BCUT2D eigenvalue weighted by molar-refractivity contribution is 0.387. The smallest absolute Gasteiger partial charge is 0.206 e. The average Bonchev–Trinajstić information content (AvgIpc) is 3.14. The van der Waals surface area contributed by atoms with Crippen molar-refractivity contribution < 1.29 is 13.5 Å². The Morgan fingerprint density at radius 2 is 1.93 bits per heavy atom. The fourth-order valence-corrected chi connectivity index (χ4v) is 4.19. The van der Waals surface area contributed by atoms with Crippen LogP contribution in [0.2, 0.25) is 0 Å². The van der Waals surface area contributed by atoms with Crippen LogP contribution < -0.4 is 10.1 Å². The number of benzene rings is 2. The number of anilines is 1. The van der Waals surface area contributed by atoms with Crippen LogP contribution >= 0.6 is 23.1 Å². The second kappa shape index (κ2) is 8.03. The average molecular weight is 417 g/mol. The van der Waals surface area contributed by atoms with Crippen molar-refractivity contribution in [2.24, 2.45) is 0 Å². The Bertz CT molecular complexity index is 1120. The highest BCUT2D eigenvalue weighted by molar-refractivity contribution is 8.01. The standard InChI is InChI=1S/C18H13F2N5OS2/c1-26-15-6-12-14(7-13(15)20)22-9-23-16(12)27-18-25-24-17(28-18)21-8-10-2-4-11(19)5-3-10/h2-7,9H,8H2,1H3,(H,21,24). The van der Waals surface area contributed by atoms with Gasteiger partial charge < -0.3 is 10.1 Å². The number of halogens is 2. The largest absolute Gasteiger partial charge is 0.494 e. The summed E-state index contributed by atoms with van der Waals surface area (Å²) in [6.45, 7) is 0.506. The lowest BCUT2D eigenvalue weighted by Gasteiger charge is -2.06. The lowest BCUT2D eigenvalue weighted by atomic mass is 10.2. The normalized spacial score (nSPS) is 11.0. The van der Waals surface area contributed by atoms with Gasteiger partial charge >= 0.3 is 0 Å². The van der Waals surface area contributed by atoms with E-state index >= 15 is 0 Å². The predicted molar refractivity (Wildman–Crippen MR) is 104 cm³/mol. The van der Waals surface area contributed by atoms with E-state index in [0.29, 0.717) is 31.9 Å². The van der Waals surface area contributed by atoms with Gasteiger partial charge in [0.25, 0.3) is 0 Å². The number of aromatic nitrogens is 4. The van der Waals surface area contributed by atoms with Gasteiger partial charge in [-0.2, -0.15) is 0 Å². The lowest BCUT2D eigenvalue weighted by Crippen LogP contribution is -1.98. The zero-order chi connectivity index (χ0) is 19.5. The Labute approximate surface area is 167 Å². The molecule has 142 valence electrons. The molecule has 0 aliphatic heterocycles. The first kappa shape index (κ1) is 18.5. The van der Waals surface area contributed by atoms with Crippen molar-refractivity contribution in [1.82, 2.24) is 20.2 Å². The summed E-state index contributed by atoms with van der Waals surface area (Å²) in [6.07, 6.45) is 1.38. The molecule has 2 heterocycles. The van der Waals surface area contributed by atoms with Crippen molar-refractivity contribution in [1.29, 1.82) is 0 Å². The van der Waals surface area contributed by atoms with E-state index in [-0.39, 0.29) is 11.6 Å². The monoisotopic (exact) mass is 417 g/mol. The maximum atomic E-state index is 13.9. The summed E-state index contributed by atoms with van der Waals surface area (Å²) in [7, 11) is 1.41. The summed E-state index contributed by atoms with van der Waals surface area (Å²) in [5, 5.41) is 13.3. The topological polar surface area (TPSA) is 72.8 Å². The summed E-state index contributed by atoms with van der Waals surface area (Å²) < 4.78 is 32.6. The van der Waals surface area contributed by atoms with Crippen LogP contribution in [0.4, 0.5) is 13.9 Å². The van der Waals surface area contributed by atoms with Crippen LogP contribution in [0.15, 0.2) is 52.1 Å². The molecule has 0 bridgehead atoms. The molecule has 10 heteroatoms. The molecular formula is C18H13F2N5OS2. The van der Waals surface area contributed by atoms with E-state index in [9.17, 15) is 8.78 Å². The van der Waals surface area contributed by atoms with Crippen molar-refractivity contribution in [3.8, 4) is 5.75 Å².